The number of ether oxygens (including phenoxy) is 1. The summed E-state index contributed by atoms with van der Waals surface area (Å²) in [6, 6.07) is 3.74. The molecule has 30 heavy (non-hydrogen) atoms. The van der Waals surface area contributed by atoms with Crippen molar-refractivity contribution in [2.75, 3.05) is 12.0 Å². The molecule has 0 radical (unpaired) electrons. The monoisotopic (exact) mass is 444 g/mol. The number of hydrogen-bond acceptors (Lipinski definition) is 9. The van der Waals surface area contributed by atoms with E-state index in [1.165, 1.54) is 28.7 Å². The number of anilines is 1. The standard InChI is InChI=1S/C18H14N4O4S2.C2H6/c1-3-26-18(25)10-8-28-16-13(10)15(19-14(20-16)11-5-4-6-27-11)21-22-12(23)7-9(2)17(22)24;1-2/h4-8H,3H2,1-2H3,(H,19,20,21);1-2H3. The predicted molar refractivity (Wildman–Crippen MR) is 117 cm³/mol. The average molecular weight is 445 g/mol. The van der Waals surface area contributed by atoms with Crippen molar-refractivity contribution in [1.29, 1.82) is 0 Å². The summed E-state index contributed by atoms with van der Waals surface area (Å²) in [6.07, 6.45) is 1.24. The molecular formula is C20H20N4O4S2. The van der Waals surface area contributed by atoms with Gasteiger partial charge >= 0.3 is 5.97 Å². The van der Waals surface area contributed by atoms with Gasteiger partial charge in [-0.25, -0.2) is 14.8 Å². The Morgan fingerprint density at radius 2 is 2.00 bits per heavy atom. The van der Waals surface area contributed by atoms with Crippen molar-refractivity contribution < 1.29 is 19.1 Å². The second-order valence-corrected chi connectivity index (χ2v) is 7.65. The summed E-state index contributed by atoms with van der Waals surface area (Å²) in [4.78, 5) is 47.2. The summed E-state index contributed by atoms with van der Waals surface area (Å²) in [5.41, 5.74) is 3.37. The van der Waals surface area contributed by atoms with Gasteiger partial charge < -0.3 is 4.74 Å². The molecule has 4 heterocycles. The van der Waals surface area contributed by atoms with Crippen LogP contribution in [0.15, 0.2) is 34.5 Å². The lowest BCUT2D eigenvalue weighted by Crippen LogP contribution is -2.36. The van der Waals surface area contributed by atoms with Crippen molar-refractivity contribution >= 4 is 56.5 Å². The van der Waals surface area contributed by atoms with E-state index in [0.717, 1.165) is 9.89 Å². The zero-order valence-corrected chi connectivity index (χ0v) is 18.5. The van der Waals surface area contributed by atoms with Crippen molar-refractivity contribution in [3.8, 4) is 10.7 Å². The first kappa shape index (κ1) is 21.6. The van der Waals surface area contributed by atoms with Crippen molar-refractivity contribution in [2.45, 2.75) is 27.7 Å². The number of thiophene rings is 2. The van der Waals surface area contributed by atoms with Crippen molar-refractivity contribution in [3.63, 3.8) is 0 Å². The van der Waals surface area contributed by atoms with Crippen molar-refractivity contribution in [3.05, 3.63) is 40.1 Å². The molecule has 1 N–H and O–H groups in total. The van der Waals surface area contributed by atoms with Crippen LogP contribution in [-0.4, -0.2) is 39.4 Å². The lowest BCUT2D eigenvalue weighted by molar-refractivity contribution is -0.135. The number of amides is 2. The Labute approximate surface area is 181 Å². The van der Waals surface area contributed by atoms with Crippen LogP contribution in [-0.2, 0) is 14.3 Å². The minimum atomic E-state index is -0.516. The molecule has 8 nitrogen and oxygen atoms in total. The van der Waals surface area contributed by atoms with Gasteiger partial charge in [0.15, 0.2) is 11.6 Å². The van der Waals surface area contributed by atoms with E-state index in [1.807, 2.05) is 31.4 Å². The number of hydrogen-bond donors (Lipinski definition) is 1. The average Bonchev–Trinajstić information content (AvgIpc) is 3.46. The largest absolute Gasteiger partial charge is 0.462 e. The van der Waals surface area contributed by atoms with Crippen LogP contribution < -0.4 is 5.43 Å². The number of carbonyl (C=O) groups is 3. The highest BCUT2D eigenvalue weighted by Crippen LogP contribution is 2.34. The van der Waals surface area contributed by atoms with E-state index in [-0.39, 0.29) is 18.0 Å². The van der Waals surface area contributed by atoms with Gasteiger partial charge in [-0.3, -0.25) is 15.0 Å². The van der Waals surface area contributed by atoms with Gasteiger partial charge in [0.25, 0.3) is 11.8 Å². The molecule has 3 aromatic rings. The van der Waals surface area contributed by atoms with Gasteiger partial charge in [-0.15, -0.1) is 22.7 Å². The Kier molecular flexibility index (Phi) is 6.58. The van der Waals surface area contributed by atoms with E-state index >= 15 is 0 Å². The van der Waals surface area contributed by atoms with Gasteiger partial charge in [-0.05, 0) is 25.3 Å². The number of nitrogens with one attached hydrogen (secondary N) is 1. The number of aromatic nitrogens is 2. The van der Waals surface area contributed by atoms with Gasteiger partial charge in [0.05, 0.1) is 22.4 Å². The lowest BCUT2D eigenvalue weighted by Gasteiger charge is -2.17. The molecule has 3 aromatic heterocycles. The third-order valence-corrected chi connectivity index (χ3v) is 5.73. The number of imide groups is 1. The van der Waals surface area contributed by atoms with Crippen LogP contribution in [0, 0.1) is 0 Å². The molecule has 1 aliphatic heterocycles. The maximum atomic E-state index is 12.3. The Hall–Kier alpha value is -3.11. The van der Waals surface area contributed by atoms with E-state index in [9.17, 15) is 14.4 Å². The molecule has 0 atom stereocenters. The molecule has 0 fully saturated rings. The fourth-order valence-electron chi connectivity index (χ4n) is 2.70. The molecule has 2 amide bonds. The molecule has 4 rings (SSSR count). The highest BCUT2D eigenvalue weighted by atomic mass is 32.1. The first-order valence-corrected chi connectivity index (χ1v) is 11.1. The normalized spacial score (nSPS) is 13.2. The van der Waals surface area contributed by atoms with Crippen molar-refractivity contribution in [1.82, 2.24) is 15.0 Å². The number of esters is 1. The Bertz CT molecular complexity index is 1140. The summed E-state index contributed by atoms with van der Waals surface area (Å²) >= 11 is 2.73. The summed E-state index contributed by atoms with van der Waals surface area (Å²) < 4.78 is 5.11. The van der Waals surface area contributed by atoms with E-state index in [2.05, 4.69) is 15.4 Å². The number of fused-ring (bicyclic) bond motifs is 1. The van der Waals surface area contributed by atoms with Gasteiger partial charge in [0, 0.05) is 17.0 Å². The summed E-state index contributed by atoms with van der Waals surface area (Å²) in [6.45, 7) is 7.50. The molecule has 0 unspecified atom stereocenters. The van der Waals surface area contributed by atoms with Gasteiger partial charge in [0.1, 0.15) is 4.83 Å². The van der Waals surface area contributed by atoms with Crippen molar-refractivity contribution in [2.24, 2.45) is 0 Å². The van der Waals surface area contributed by atoms with Crippen LogP contribution in [0.4, 0.5) is 5.82 Å². The highest BCUT2D eigenvalue weighted by molar-refractivity contribution is 7.17. The summed E-state index contributed by atoms with van der Waals surface area (Å²) in [5.74, 6) is -0.853. The fraction of sp³-hybridized carbons (Fsp3) is 0.250. The van der Waals surface area contributed by atoms with E-state index in [4.69, 9.17) is 4.74 Å². The smallest absolute Gasteiger partial charge is 0.339 e. The van der Waals surface area contributed by atoms with E-state index in [0.29, 0.717) is 21.6 Å². The Morgan fingerprint density at radius 3 is 2.60 bits per heavy atom. The zero-order chi connectivity index (χ0) is 21.8. The molecule has 156 valence electrons. The maximum absolute atomic E-state index is 12.3. The number of rotatable bonds is 5. The second kappa shape index (κ2) is 9.14. The number of carbonyl (C=O) groups excluding carboxylic acids is 3. The van der Waals surface area contributed by atoms with Crippen LogP contribution in [0.25, 0.3) is 20.9 Å². The van der Waals surface area contributed by atoms with E-state index < -0.39 is 17.8 Å². The first-order chi connectivity index (χ1) is 14.5. The summed E-state index contributed by atoms with van der Waals surface area (Å²) in [5, 5.41) is 4.82. The van der Waals surface area contributed by atoms with E-state index in [1.54, 1.807) is 19.2 Å². The van der Waals surface area contributed by atoms with Crippen LogP contribution in [0.2, 0.25) is 0 Å². The van der Waals surface area contributed by atoms with Gasteiger partial charge in [-0.1, -0.05) is 19.9 Å². The molecule has 0 aromatic carbocycles. The molecule has 0 spiro atoms. The third kappa shape index (κ3) is 3.96. The van der Waals surface area contributed by atoms with Crippen LogP contribution in [0.5, 0.6) is 0 Å². The Balaban J connectivity index is 0.00000124. The predicted octanol–water partition coefficient (Wildman–Crippen LogP) is 4.26. The van der Waals surface area contributed by atoms with Gasteiger partial charge in [-0.2, -0.15) is 5.01 Å². The topological polar surface area (TPSA) is 101 Å². The minimum absolute atomic E-state index is 0.197. The SMILES string of the molecule is CC.CCOC(=O)c1csc2nc(-c3cccs3)nc(NN3C(=O)C=C(C)C3=O)c12. The number of nitrogens with zero attached hydrogens (tertiary/aromatic N) is 3. The highest BCUT2D eigenvalue weighted by Gasteiger charge is 2.31. The minimum Gasteiger partial charge on any atom is -0.462 e. The zero-order valence-electron chi connectivity index (χ0n) is 16.9. The number of hydrazine groups is 1. The Morgan fingerprint density at radius 1 is 1.23 bits per heavy atom. The quantitative estimate of drug-likeness (QED) is 0.463. The maximum Gasteiger partial charge on any atom is 0.339 e. The van der Waals surface area contributed by atoms with Crippen LogP contribution in [0.3, 0.4) is 0 Å². The molecule has 0 saturated heterocycles. The molecular weight excluding hydrogens is 424 g/mol. The van der Waals surface area contributed by atoms with Crippen LogP contribution >= 0.6 is 22.7 Å². The van der Waals surface area contributed by atoms with Crippen LogP contribution in [0.1, 0.15) is 38.1 Å². The molecule has 0 aliphatic carbocycles. The van der Waals surface area contributed by atoms with Gasteiger partial charge in [0.2, 0.25) is 0 Å². The lowest BCUT2D eigenvalue weighted by atomic mass is 10.2. The molecule has 1 aliphatic rings. The third-order valence-electron chi connectivity index (χ3n) is 3.99. The molecule has 0 bridgehead atoms. The first-order valence-electron chi connectivity index (χ1n) is 9.33. The second-order valence-electron chi connectivity index (χ2n) is 5.84. The molecule has 10 heteroatoms. The molecule has 0 saturated carbocycles. The summed E-state index contributed by atoms with van der Waals surface area (Å²) in [7, 11) is 0. The fourth-order valence-corrected chi connectivity index (χ4v) is 4.26.